The van der Waals surface area contributed by atoms with Gasteiger partial charge in [-0.3, -0.25) is 0 Å². The highest BCUT2D eigenvalue weighted by Gasteiger charge is 2.45. The molecule has 6 rings (SSSR count). The van der Waals surface area contributed by atoms with Crippen molar-refractivity contribution < 1.29 is 8.85 Å². The number of rotatable bonds is 3. The molecule has 1 aliphatic heterocycles. The summed E-state index contributed by atoms with van der Waals surface area (Å²) >= 11 is 0. The van der Waals surface area contributed by atoms with Gasteiger partial charge in [0.05, 0.1) is 0 Å². The highest BCUT2D eigenvalue weighted by molar-refractivity contribution is 6.81. The van der Waals surface area contributed by atoms with Crippen LogP contribution in [-0.4, -0.2) is 8.56 Å². The monoisotopic (exact) mass is 538 g/mol. The van der Waals surface area contributed by atoms with Crippen molar-refractivity contribution in [3.8, 4) is 11.5 Å². The zero-order valence-corrected chi connectivity index (χ0v) is 25.8. The van der Waals surface area contributed by atoms with Crippen molar-refractivity contribution in [1.82, 2.24) is 0 Å². The van der Waals surface area contributed by atoms with E-state index in [4.69, 9.17) is 8.85 Å². The molecule has 3 aromatic rings. The van der Waals surface area contributed by atoms with Gasteiger partial charge in [0.2, 0.25) is 0 Å². The molecule has 2 saturated carbocycles. The van der Waals surface area contributed by atoms with E-state index in [0.717, 1.165) is 17.9 Å². The molecular weight excluding hydrogens is 492 g/mol. The van der Waals surface area contributed by atoms with Crippen molar-refractivity contribution in [2.45, 2.75) is 116 Å². The van der Waals surface area contributed by atoms with Crippen LogP contribution in [0.2, 0.25) is 6.55 Å². The maximum absolute atomic E-state index is 7.39. The molecule has 3 aromatic carbocycles. The third kappa shape index (κ3) is 4.97. The Morgan fingerprint density at radius 1 is 0.615 bits per heavy atom. The Kier molecular flexibility index (Phi) is 6.94. The summed E-state index contributed by atoms with van der Waals surface area (Å²) in [5.74, 6) is 2.22. The Labute approximate surface area is 237 Å². The fraction of sp³-hybridized carbons (Fsp3) is 0.500. The molecule has 39 heavy (non-hydrogen) atoms. The van der Waals surface area contributed by atoms with Crippen LogP contribution in [0, 0.1) is 13.8 Å². The second-order valence-corrected chi connectivity index (χ2v) is 16.4. The Morgan fingerprint density at radius 3 is 1.49 bits per heavy atom. The molecule has 1 heterocycles. The first-order valence-corrected chi connectivity index (χ1v) is 17.7. The average molecular weight is 539 g/mol. The number of benzene rings is 3. The molecule has 2 fully saturated rings. The van der Waals surface area contributed by atoms with Gasteiger partial charge in [-0.1, -0.05) is 118 Å². The summed E-state index contributed by atoms with van der Waals surface area (Å²) in [5.41, 5.74) is 8.47. The predicted octanol–water partition coefficient (Wildman–Crippen LogP) is 9.09. The van der Waals surface area contributed by atoms with E-state index in [1.54, 1.807) is 0 Å². The normalized spacial score (nSPS) is 21.4. The van der Waals surface area contributed by atoms with E-state index in [1.807, 2.05) is 0 Å². The zero-order valence-electron chi connectivity index (χ0n) is 24.8. The van der Waals surface area contributed by atoms with Crippen LogP contribution in [0.4, 0.5) is 0 Å². The summed E-state index contributed by atoms with van der Waals surface area (Å²) in [6.45, 7) is 11.8. The fourth-order valence-corrected chi connectivity index (χ4v) is 10.1. The third-order valence-corrected chi connectivity index (χ3v) is 12.7. The highest BCUT2D eigenvalue weighted by Crippen LogP contribution is 2.49. The lowest BCUT2D eigenvalue weighted by atomic mass is 9.69. The number of fused-ring (bicyclic) bond motifs is 2. The van der Waals surface area contributed by atoms with E-state index < -0.39 is 8.56 Å². The van der Waals surface area contributed by atoms with E-state index in [-0.39, 0.29) is 10.8 Å². The van der Waals surface area contributed by atoms with Gasteiger partial charge < -0.3 is 8.85 Å². The second kappa shape index (κ2) is 10.1. The lowest BCUT2D eigenvalue weighted by Crippen LogP contribution is -2.57. The van der Waals surface area contributed by atoms with Crippen molar-refractivity contribution in [1.29, 1.82) is 0 Å². The molecule has 0 aromatic heterocycles. The molecule has 0 N–H and O–H groups in total. The van der Waals surface area contributed by atoms with Gasteiger partial charge in [-0.15, -0.1) is 0 Å². The second-order valence-electron chi connectivity index (χ2n) is 13.5. The van der Waals surface area contributed by atoms with E-state index in [1.165, 1.54) is 103 Å². The average Bonchev–Trinajstić information content (AvgIpc) is 2.92. The summed E-state index contributed by atoms with van der Waals surface area (Å²) in [7, 11) is -2.89. The molecule has 3 aliphatic rings. The Hall–Kier alpha value is -2.52. The summed E-state index contributed by atoms with van der Waals surface area (Å²) in [6, 6.07) is 20.5. The minimum absolute atomic E-state index is 0.149. The van der Waals surface area contributed by atoms with Gasteiger partial charge in [0, 0.05) is 18.2 Å². The van der Waals surface area contributed by atoms with Gasteiger partial charge in [-0.2, -0.15) is 0 Å². The summed E-state index contributed by atoms with van der Waals surface area (Å²) in [6.07, 6.45) is 13.7. The van der Waals surface area contributed by atoms with Crippen molar-refractivity contribution in [3.63, 3.8) is 0 Å². The predicted molar refractivity (Wildman–Crippen MR) is 165 cm³/mol. The van der Waals surface area contributed by atoms with Gasteiger partial charge in [-0.25, -0.2) is 0 Å². The van der Waals surface area contributed by atoms with Crippen LogP contribution < -0.4 is 14.0 Å². The molecule has 0 unspecified atom stereocenters. The first-order chi connectivity index (χ1) is 18.7. The molecular formula is C36H46O2Si. The van der Waals surface area contributed by atoms with Crippen molar-refractivity contribution >= 4 is 13.7 Å². The molecule has 0 saturated heterocycles. The number of aryl methyl sites for hydroxylation is 2. The Morgan fingerprint density at radius 2 is 1.05 bits per heavy atom. The van der Waals surface area contributed by atoms with Crippen LogP contribution in [0.3, 0.4) is 0 Å². The molecule has 0 bridgehead atoms. The molecule has 0 spiro atoms. The first kappa shape index (κ1) is 26.7. The summed E-state index contributed by atoms with van der Waals surface area (Å²) < 4.78 is 14.8. The maximum atomic E-state index is 7.39. The molecule has 0 amide bonds. The largest absolute Gasteiger partial charge is 0.508 e. The van der Waals surface area contributed by atoms with Gasteiger partial charge in [0.1, 0.15) is 11.5 Å². The van der Waals surface area contributed by atoms with E-state index in [0.29, 0.717) is 0 Å². The number of hydrogen-bond donors (Lipinski definition) is 0. The molecule has 3 heteroatoms. The van der Waals surface area contributed by atoms with Crippen molar-refractivity contribution in [2.24, 2.45) is 0 Å². The van der Waals surface area contributed by atoms with Crippen LogP contribution in [0.1, 0.15) is 111 Å². The SMILES string of the molecule is Cc1cc2c(c(C3(C)CCCCC3)c1)O[Si](C)(c1ccccc1)Oc1c(cc(C)cc1C1(C)CCCCC1)C2. The van der Waals surface area contributed by atoms with Crippen molar-refractivity contribution in [3.05, 3.63) is 88.0 Å². The van der Waals surface area contributed by atoms with Gasteiger partial charge >= 0.3 is 8.56 Å². The quantitative estimate of drug-likeness (QED) is 0.310. The van der Waals surface area contributed by atoms with E-state index in [9.17, 15) is 0 Å². The van der Waals surface area contributed by atoms with Crippen LogP contribution in [0.15, 0.2) is 54.6 Å². The summed E-state index contributed by atoms with van der Waals surface area (Å²) in [4.78, 5) is 0. The van der Waals surface area contributed by atoms with Crippen LogP contribution >= 0.6 is 0 Å². The van der Waals surface area contributed by atoms with Gasteiger partial charge in [0.15, 0.2) is 0 Å². The lowest BCUT2D eigenvalue weighted by molar-refractivity contribution is 0.300. The minimum atomic E-state index is -2.89. The molecule has 0 radical (unpaired) electrons. The Bertz CT molecular complexity index is 1260. The topological polar surface area (TPSA) is 18.5 Å². The lowest BCUT2D eigenvalue weighted by Gasteiger charge is -2.42. The molecule has 206 valence electrons. The highest BCUT2D eigenvalue weighted by atomic mass is 28.4. The van der Waals surface area contributed by atoms with Gasteiger partial charge in [-0.05, 0) is 72.6 Å². The summed E-state index contributed by atoms with van der Waals surface area (Å²) in [5, 5.41) is 1.20. The molecule has 2 aliphatic carbocycles. The third-order valence-electron chi connectivity index (χ3n) is 10.1. The zero-order chi connectivity index (χ0) is 27.3. The maximum Gasteiger partial charge on any atom is 0.492 e. The smallest absolute Gasteiger partial charge is 0.492 e. The number of hydrogen-bond acceptors (Lipinski definition) is 2. The van der Waals surface area contributed by atoms with Crippen LogP contribution in [-0.2, 0) is 17.3 Å². The standard InChI is InChI=1S/C36H46O2Si/c1-26-21-28-25-29-22-27(2)24-32(36(4)19-13-8-14-20-36)34(29)38-39(5,30-15-9-6-10-16-30)37-33(28)31(23-26)35(3)17-11-7-12-18-35/h6,9-10,15-16,21-24H,7-8,11-14,17-20,25H2,1-5H3. The Balaban J connectivity index is 1.60. The van der Waals surface area contributed by atoms with Gasteiger partial charge in [0.25, 0.3) is 0 Å². The fourth-order valence-electron chi connectivity index (χ4n) is 7.77. The minimum Gasteiger partial charge on any atom is -0.508 e. The molecule has 0 atom stereocenters. The molecule has 2 nitrogen and oxygen atoms in total. The van der Waals surface area contributed by atoms with Crippen LogP contribution in [0.5, 0.6) is 11.5 Å². The van der Waals surface area contributed by atoms with Crippen molar-refractivity contribution in [2.75, 3.05) is 0 Å². The van der Waals surface area contributed by atoms with Crippen LogP contribution in [0.25, 0.3) is 0 Å². The van der Waals surface area contributed by atoms with E-state index >= 15 is 0 Å². The first-order valence-electron chi connectivity index (χ1n) is 15.4. The van der Waals surface area contributed by atoms with E-state index in [2.05, 4.69) is 88.8 Å².